The van der Waals surface area contributed by atoms with Gasteiger partial charge >= 0.3 is 0 Å². The first-order chi connectivity index (χ1) is 13.5. The number of fused-ring (bicyclic) bond motifs is 5. The topological polar surface area (TPSA) is 57.7 Å². The molecule has 0 aromatic heterocycles. The lowest BCUT2D eigenvalue weighted by molar-refractivity contribution is -0.145. The van der Waals surface area contributed by atoms with E-state index in [0.717, 1.165) is 16.5 Å². The summed E-state index contributed by atoms with van der Waals surface area (Å²) in [5, 5.41) is 0. The van der Waals surface area contributed by atoms with Gasteiger partial charge < -0.3 is 4.90 Å². The summed E-state index contributed by atoms with van der Waals surface area (Å²) in [6, 6.07) is 7.02. The summed E-state index contributed by atoms with van der Waals surface area (Å²) >= 11 is 3.43. The SMILES string of the molecule is CCN(CC)C(=O)CC(c1ccc(Br)cc1)N1C(=O)C2C3C=CC(C3)C2C1=O. The molecule has 2 bridgehead atoms. The van der Waals surface area contributed by atoms with Crippen molar-refractivity contribution in [2.24, 2.45) is 23.7 Å². The molecular formula is C22H25BrN2O3. The maximum absolute atomic E-state index is 13.3. The fourth-order valence-corrected chi connectivity index (χ4v) is 5.41. The second-order valence-electron chi connectivity index (χ2n) is 7.88. The van der Waals surface area contributed by atoms with Crippen LogP contribution in [0.3, 0.4) is 0 Å². The minimum atomic E-state index is -0.550. The van der Waals surface area contributed by atoms with Gasteiger partial charge in [-0.3, -0.25) is 19.3 Å². The molecule has 0 radical (unpaired) electrons. The molecule has 1 heterocycles. The zero-order valence-corrected chi connectivity index (χ0v) is 17.8. The number of hydrogen-bond acceptors (Lipinski definition) is 3. The molecule has 3 aliphatic rings. The predicted molar refractivity (Wildman–Crippen MR) is 109 cm³/mol. The Morgan fingerprint density at radius 3 is 2.11 bits per heavy atom. The van der Waals surface area contributed by atoms with E-state index in [2.05, 4.69) is 28.1 Å². The van der Waals surface area contributed by atoms with Crippen LogP contribution in [-0.2, 0) is 14.4 Å². The Morgan fingerprint density at radius 1 is 1.07 bits per heavy atom. The summed E-state index contributed by atoms with van der Waals surface area (Å²) in [6.07, 6.45) is 5.22. The van der Waals surface area contributed by atoms with Crippen molar-refractivity contribution in [2.75, 3.05) is 13.1 Å². The van der Waals surface area contributed by atoms with Crippen molar-refractivity contribution in [3.05, 3.63) is 46.5 Å². The third-order valence-corrected chi connectivity index (χ3v) is 7.08. The number of carbonyl (C=O) groups excluding carboxylic acids is 3. The Bertz CT molecular complexity index is 801. The van der Waals surface area contributed by atoms with Crippen molar-refractivity contribution in [1.29, 1.82) is 0 Å². The standard InChI is InChI=1S/C22H25BrN2O3/c1-3-24(4-2)18(26)12-17(13-7-9-16(23)10-8-13)25-21(27)19-14-5-6-15(11-14)20(19)22(25)28/h5-10,14-15,17,19-20H,3-4,11-12H2,1-2H3. The van der Waals surface area contributed by atoms with E-state index in [9.17, 15) is 14.4 Å². The molecule has 1 saturated heterocycles. The molecule has 1 saturated carbocycles. The van der Waals surface area contributed by atoms with Crippen LogP contribution >= 0.6 is 15.9 Å². The van der Waals surface area contributed by atoms with Gasteiger partial charge in [0.05, 0.1) is 24.3 Å². The van der Waals surface area contributed by atoms with Crippen LogP contribution < -0.4 is 0 Å². The molecule has 0 N–H and O–H groups in total. The van der Waals surface area contributed by atoms with Crippen molar-refractivity contribution in [1.82, 2.24) is 9.80 Å². The molecule has 2 aliphatic carbocycles. The minimum absolute atomic E-state index is 0.0309. The van der Waals surface area contributed by atoms with Gasteiger partial charge in [0.15, 0.2) is 0 Å². The number of allylic oxidation sites excluding steroid dienone is 2. The van der Waals surface area contributed by atoms with Crippen LogP contribution in [-0.4, -0.2) is 40.6 Å². The van der Waals surface area contributed by atoms with Gasteiger partial charge in [-0.2, -0.15) is 0 Å². The van der Waals surface area contributed by atoms with Crippen LogP contribution in [0, 0.1) is 23.7 Å². The van der Waals surface area contributed by atoms with Gasteiger partial charge in [-0.05, 0) is 49.8 Å². The summed E-state index contributed by atoms with van der Waals surface area (Å²) in [4.78, 5) is 42.6. The first kappa shape index (κ1) is 19.4. The maximum atomic E-state index is 13.3. The van der Waals surface area contributed by atoms with E-state index in [1.54, 1.807) is 4.90 Å². The Labute approximate surface area is 173 Å². The molecule has 1 aliphatic heterocycles. The van der Waals surface area contributed by atoms with Gasteiger partial charge in [0.1, 0.15) is 0 Å². The molecule has 28 heavy (non-hydrogen) atoms. The van der Waals surface area contributed by atoms with Crippen LogP contribution in [0.5, 0.6) is 0 Å². The van der Waals surface area contributed by atoms with Gasteiger partial charge in [0, 0.05) is 17.6 Å². The second-order valence-corrected chi connectivity index (χ2v) is 8.80. The number of nitrogens with zero attached hydrogens (tertiary/aromatic N) is 2. The van der Waals surface area contributed by atoms with Gasteiger partial charge in [-0.25, -0.2) is 0 Å². The monoisotopic (exact) mass is 444 g/mol. The van der Waals surface area contributed by atoms with Gasteiger partial charge in [-0.1, -0.05) is 40.2 Å². The fraction of sp³-hybridized carbons (Fsp3) is 0.500. The zero-order valence-electron chi connectivity index (χ0n) is 16.2. The van der Waals surface area contributed by atoms with Crippen LogP contribution in [0.15, 0.2) is 40.9 Å². The van der Waals surface area contributed by atoms with E-state index in [1.165, 1.54) is 4.90 Å². The molecule has 5 unspecified atom stereocenters. The molecule has 1 aromatic carbocycles. The number of carbonyl (C=O) groups is 3. The van der Waals surface area contributed by atoms with E-state index in [1.807, 2.05) is 38.1 Å². The number of rotatable bonds is 6. The van der Waals surface area contributed by atoms with Gasteiger partial charge in [0.25, 0.3) is 0 Å². The quantitative estimate of drug-likeness (QED) is 0.497. The number of likely N-dealkylation sites (tertiary alicyclic amines) is 1. The van der Waals surface area contributed by atoms with Crippen molar-refractivity contribution >= 4 is 33.7 Å². The average molecular weight is 445 g/mol. The molecule has 2 fully saturated rings. The molecule has 3 amide bonds. The number of hydrogen-bond donors (Lipinski definition) is 0. The zero-order chi connectivity index (χ0) is 20.0. The third kappa shape index (κ3) is 3.02. The summed E-state index contributed by atoms with van der Waals surface area (Å²) in [6.45, 7) is 5.11. The summed E-state index contributed by atoms with van der Waals surface area (Å²) in [5.41, 5.74) is 0.825. The highest BCUT2D eigenvalue weighted by Gasteiger charge is 2.60. The minimum Gasteiger partial charge on any atom is -0.343 e. The highest BCUT2D eigenvalue weighted by molar-refractivity contribution is 9.10. The number of amides is 3. The van der Waals surface area contributed by atoms with Crippen LogP contribution in [0.25, 0.3) is 0 Å². The lowest BCUT2D eigenvalue weighted by Crippen LogP contribution is -2.40. The highest BCUT2D eigenvalue weighted by atomic mass is 79.9. The Morgan fingerprint density at radius 2 is 1.61 bits per heavy atom. The number of halogens is 1. The van der Waals surface area contributed by atoms with Crippen molar-refractivity contribution in [3.63, 3.8) is 0 Å². The Hall–Kier alpha value is -1.95. The smallest absolute Gasteiger partial charge is 0.234 e. The van der Waals surface area contributed by atoms with Gasteiger partial charge in [0.2, 0.25) is 17.7 Å². The van der Waals surface area contributed by atoms with Crippen molar-refractivity contribution < 1.29 is 14.4 Å². The third-order valence-electron chi connectivity index (χ3n) is 6.56. The van der Waals surface area contributed by atoms with E-state index < -0.39 is 6.04 Å². The molecule has 148 valence electrons. The molecule has 6 heteroatoms. The second kappa shape index (κ2) is 7.47. The average Bonchev–Trinajstić information content (AvgIpc) is 3.36. The van der Waals surface area contributed by atoms with Gasteiger partial charge in [-0.15, -0.1) is 0 Å². The molecule has 4 rings (SSSR count). The summed E-state index contributed by atoms with van der Waals surface area (Å²) in [7, 11) is 0. The van der Waals surface area contributed by atoms with Crippen LogP contribution in [0.2, 0.25) is 0 Å². The van der Waals surface area contributed by atoms with Crippen LogP contribution in [0.1, 0.15) is 38.3 Å². The van der Waals surface area contributed by atoms with Crippen LogP contribution in [0.4, 0.5) is 0 Å². The number of imide groups is 1. The molecule has 0 spiro atoms. The first-order valence-corrected chi connectivity index (χ1v) is 10.8. The molecule has 5 nitrogen and oxygen atoms in total. The molecule has 1 aromatic rings. The van der Waals surface area contributed by atoms with E-state index in [0.29, 0.717) is 13.1 Å². The Kier molecular flexibility index (Phi) is 5.17. The van der Waals surface area contributed by atoms with E-state index >= 15 is 0 Å². The maximum Gasteiger partial charge on any atom is 0.234 e. The fourth-order valence-electron chi connectivity index (χ4n) is 5.15. The van der Waals surface area contributed by atoms with E-state index in [4.69, 9.17) is 0 Å². The lowest BCUT2D eigenvalue weighted by atomic mass is 9.85. The lowest BCUT2D eigenvalue weighted by Gasteiger charge is -2.30. The largest absolute Gasteiger partial charge is 0.343 e. The molecular weight excluding hydrogens is 420 g/mol. The highest BCUT2D eigenvalue weighted by Crippen LogP contribution is 2.54. The van der Waals surface area contributed by atoms with Crippen molar-refractivity contribution in [2.45, 2.75) is 32.7 Å². The van der Waals surface area contributed by atoms with Crippen molar-refractivity contribution in [3.8, 4) is 0 Å². The first-order valence-electron chi connectivity index (χ1n) is 10.0. The predicted octanol–water partition coefficient (Wildman–Crippen LogP) is 3.56. The number of benzene rings is 1. The Balaban J connectivity index is 1.67. The summed E-state index contributed by atoms with van der Waals surface area (Å²) < 4.78 is 0.920. The van der Waals surface area contributed by atoms with E-state index in [-0.39, 0.29) is 47.8 Å². The summed E-state index contributed by atoms with van der Waals surface area (Å²) in [5.74, 6) is -0.398. The molecule has 5 atom stereocenters. The normalized spacial score (nSPS) is 28.8.